The van der Waals surface area contributed by atoms with Crippen molar-refractivity contribution in [2.45, 2.75) is 11.4 Å². The third kappa shape index (κ3) is 2.84. The van der Waals surface area contributed by atoms with E-state index < -0.39 is 10.0 Å². The van der Waals surface area contributed by atoms with E-state index in [1.807, 2.05) is 5.38 Å². The number of anilines is 1. The van der Waals surface area contributed by atoms with Crippen LogP contribution in [0.25, 0.3) is 0 Å². The Morgan fingerprint density at radius 3 is 2.57 bits per heavy atom. The maximum absolute atomic E-state index is 12.7. The second-order valence-corrected chi connectivity index (χ2v) is 8.40. The molecule has 0 atom stereocenters. The van der Waals surface area contributed by atoms with Crippen molar-refractivity contribution in [3.8, 4) is 0 Å². The zero-order valence-electron chi connectivity index (χ0n) is 11.3. The van der Waals surface area contributed by atoms with Gasteiger partial charge in [0, 0.05) is 49.2 Å². The van der Waals surface area contributed by atoms with Gasteiger partial charge in [0.1, 0.15) is 0 Å². The standard InChI is InChI=1S/C12H16N4O2S3/c13-9-10-11(1-7-19-10)21(17,18)16-5-3-15(4-6-16)12-14-2-8-20-12/h1-2,7-8H,3-6,9,13H2. The van der Waals surface area contributed by atoms with Crippen LogP contribution in [0.1, 0.15) is 4.88 Å². The summed E-state index contributed by atoms with van der Waals surface area (Å²) in [5, 5.41) is 4.66. The van der Waals surface area contributed by atoms with E-state index in [1.165, 1.54) is 11.3 Å². The number of hydrogen-bond donors (Lipinski definition) is 1. The molecular weight excluding hydrogens is 328 g/mol. The molecule has 0 amide bonds. The van der Waals surface area contributed by atoms with Crippen molar-refractivity contribution in [2.75, 3.05) is 31.1 Å². The summed E-state index contributed by atoms with van der Waals surface area (Å²) in [5.41, 5.74) is 5.62. The van der Waals surface area contributed by atoms with Gasteiger partial charge in [-0.05, 0) is 11.4 Å². The number of thiazole rings is 1. The molecule has 3 rings (SSSR count). The first kappa shape index (κ1) is 14.9. The number of aromatic nitrogens is 1. The maximum atomic E-state index is 12.7. The number of thiophene rings is 1. The number of sulfonamides is 1. The Labute approximate surface area is 131 Å². The van der Waals surface area contributed by atoms with Crippen LogP contribution in [-0.2, 0) is 16.6 Å². The highest BCUT2D eigenvalue weighted by atomic mass is 32.2. The van der Waals surface area contributed by atoms with E-state index in [0.717, 1.165) is 10.0 Å². The topological polar surface area (TPSA) is 79.5 Å². The van der Waals surface area contributed by atoms with Crippen LogP contribution in [-0.4, -0.2) is 43.9 Å². The summed E-state index contributed by atoms with van der Waals surface area (Å²) in [7, 11) is -3.43. The van der Waals surface area contributed by atoms with Gasteiger partial charge in [0.2, 0.25) is 10.0 Å². The smallest absolute Gasteiger partial charge is 0.244 e. The molecule has 2 aromatic heterocycles. The molecule has 2 aromatic rings. The minimum atomic E-state index is -3.43. The Morgan fingerprint density at radius 1 is 1.19 bits per heavy atom. The first-order valence-corrected chi connectivity index (χ1v) is 9.74. The Hall–Kier alpha value is -1.00. The maximum Gasteiger partial charge on any atom is 0.244 e. The van der Waals surface area contributed by atoms with Crippen LogP contribution >= 0.6 is 22.7 Å². The minimum absolute atomic E-state index is 0.255. The summed E-state index contributed by atoms with van der Waals surface area (Å²) in [6.07, 6.45) is 1.77. The van der Waals surface area contributed by atoms with E-state index in [2.05, 4.69) is 9.88 Å². The van der Waals surface area contributed by atoms with Gasteiger partial charge in [-0.1, -0.05) is 0 Å². The van der Waals surface area contributed by atoms with Crippen molar-refractivity contribution in [1.29, 1.82) is 0 Å². The highest BCUT2D eigenvalue weighted by Crippen LogP contribution is 2.26. The molecule has 6 nitrogen and oxygen atoms in total. The zero-order valence-corrected chi connectivity index (χ0v) is 13.8. The van der Waals surface area contributed by atoms with E-state index >= 15 is 0 Å². The van der Waals surface area contributed by atoms with E-state index in [1.54, 1.807) is 33.3 Å². The summed E-state index contributed by atoms with van der Waals surface area (Å²) in [6.45, 7) is 2.53. The first-order valence-electron chi connectivity index (χ1n) is 6.54. The molecule has 114 valence electrons. The molecule has 1 aliphatic rings. The van der Waals surface area contributed by atoms with Crippen LogP contribution in [0.5, 0.6) is 0 Å². The molecule has 1 saturated heterocycles. The van der Waals surface area contributed by atoms with Crippen molar-refractivity contribution in [3.05, 3.63) is 27.9 Å². The highest BCUT2D eigenvalue weighted by molar-refractivity contribution is 7.89. The van der Waals surface area contributed by atoms with Crippen molar-refractivity contribution < 1.29 is 8.42 Å². The second-order valence-electron chi connectivity index (χ2n) is 4.62. The number of hydrogen-bond acceptors (Lipinski definition) is 7. The summed E-state index contributed by atoms with van der Waals surface area (Å²) in [6, 6.07) is 1.65. The molecular formula is C12H16N4O2S3. The van der Waals surface area contributed by atoms with Crippen LogP contribution in [0.4, 0.5) is 5.13 Å². The first-order chi connectivity index (χ1) is 10.1. The Kier molecular flexibility index (Phi) is 4.27. The van der Waals surface area contributed by atoms with Crippen LogP contribution in [0.2, 0.25) is 0 Å². The van der Waals surface area contributed by atoms with Gasteiger partial charge in [0.05, 0.1) is 4.90 Å². The van der Waals surface area contributed by atoms with Crippen molar-refractivity contribution in [3.63, 3.8) is 0 Å². The van der Waals surface area contributed by atoms with Gasteiger partial charge in [0.25, 0.3) is 0 Å². The number of nitrogens with two attached hydrogens (primary N) is 1. The molecule has 3 heterocycles. The Morgan fingerprint density at radius 2 is 1.95 bits per heavy atom. The van der Waals surface area contributed by atoms with E-state index in [4.69, 9.17) is 5.73 Å². The molecule has 9 heteroatoms. The SMILES string of the molecule is NCc1sccc1S(=O)(=O)N1CCN(c2nccs2)CC1. The van der Waals surface area contributed by atoms with E-state index in [0.29, 0.717) is 31.1 Å². The van der Waals surface area contributed by atoms with E-state index in [-0.39, 0.29) is 6.54 Å². The quantitative estimate of drug-likeness (QED) is 0.901. The average molecular weight is 344 g/mol. The Bertz CT molecular complexity index is 688. The lowest BCUT2D eigenvalue weighted by Gasteiger charge is -2.33. The van der Waals surface area contributed by atoms with Crippen LogP contribution in [0.15, 0.2) is 27.9 Å². The molecule has 0 aliphatic carbocycles. The van der Waals surface area contributed by atoms with Crippen molar-refractivity contribution >= 4 is 37.8 Å². The fraction of sp³-hybridized carbons (Fsp3) is 0.417. The van der Waals surface area contributed by atoms with Gasteiger partial charge in [-0.3, -0.25) is 0 Å². The lowest BCUT2D eigenvalue weighted by Crippen LogP contribution is -2.48. The highest BCUT2D eigenvalue weighted by Gasteiger charge is 2.31. The number of rotatable bonds is 4. The summed E-state index contributed by atoms with van der Waals surface area (Å²) < 4.78 is 26.9. The molecule has 1 aliphatic heterocycles. The second kappa shape index (κ2) is 6.01. The predicted molar refractivity (Wildman–Crippen MR) is 85.3 cm³/mol. The molecule has 0 bridgehead atoms. The van der Waals surface area contributed by atoms with E-state index in [9.17, 15) is 8.42 Å². The summed E-state index contributed by atoms with van der Waals surface area (Å²) >= 11 is 2.96. The minimum Gasteiger partial charge on any atom is -0.345 e. The van der Waals surface area contributed by atoms with Gasteiger partial charge in [0.15, 0.2) is 5.13 Å². The lowest BCUT2D eigenvalue weighted by molar-refractivity contribution is 0.384. The fourth-order valence-electron chi connectivity index (χ4n) is 2.34. The number of nitrogens with zero attached hydrogens (tertiary/aromatic N) is 3. The third-order valence-corrected chi connectivity index (χ3v) is 7.32. The molecule has 0 radical (unpaired) electrons. The Balaban J connectivity index is 1.74. The fourth-order valence-corrected chi connectivity index (χ4v) is 5.76. The normalized spacial score (nSPS) is 17.3. The molecule has 2 N–H and O–H groups in total. The van der Waals surface area contributed by atoms with Gasteiger partial charge in [-0.25, -0.2) is 13.4 Å². The third-order valence-electron chi connectivity index (χ3n) is 3.44. The van der Waals surface area contributed by atoms with Crippen LogP contribution in [0.3, 0.4) is 0 Å². The monoisotopic (exact) mass is 344 g/mol. The summed E-state index contributed by atoms with van der Waals surface area (Å²) in [4.78, 5) is 7.46. The molecule has 0 spiro atoms. The largest absolute Gasteiger partial charge is 0.345 e. The molecule has 1 fully saturated rings. The lowest BCUT2D eigenvalue weighted by atomic mass is 10.4. The molecule has 0 unspecified atom stereocenters. The number of piperazine rings is 1. The van der Waals surface area contributed by atoms with Gasteiger partial charge in [-0.2, -0.15) is 4.31 Å². The zero-order chi connectivity index (χ0) is 14.9. The van der Waals surface area contributed by atoms with Crippen molar-refractivity contribution in [1.82, 2.24) is 9.29 Å². The summed E-state index contributed by atoms with van der Waals surface area (Å²) in [5.74, 6) is 0. The average Bonchev–Trinajstić information content (AvgIpc) is 3.18. The van der Waals surface area contributed by atoms with Gasteiger partial charge < -0.3 is 10.6 Å². The molecule has 21 heavy (non-hydrogen) atoms. The van der Waals surface area contributed by atoms with Crippen LogP contribution < -0.4 is 10.6 Å². The van der Waals surface area contributed by atoms with Crippen molar-refractivity contribution in [2.24, 2.45) is 5.73 Å². The van der Waals surface area contributed by atoms with Gasteiger partial charge >= 0.3 is 0 Å². The molecule has 0 saturated carbocycles. The van der Waals surface area contributed by atoms with Crippen LogP contribution in [0, 0.1) is 0 Å². The van der Waals surface area contributed by atoms with Gasteiger partial charge in [-0.15, -0.1) is 22.7 Å². The molecule has 0 aromatic carbocycles. The predicted octanol–water partition coefficient (Wildman–Crippen LogP) is 1.17.